The van der Waals surface area contributed by atoms with E-state index in [1.165, 1.54) is 5.56 Å². The van der Waals surface area contributed by atoms with Crippen LogP contribution in [0.25, 0.3) is 0 Å². The van der Waals surface area contributed by atoms with Crippen molar-refractivity contribution in [3.8, 4) is 0 Å². The summed E-state index contributed by atoms with van der Waals surface area (Å²) in [4.78, 5) is 2.16. The molecule has 0 aromatic heterocycles. The molecule has 0 unspecified atom stereocenters. The van der Waals surface area contributed by atoms with Crippen LogP contribution in [-0.4, -0.2) is 42.1 Å². The Balaban J connectivity index is 1.67. The van der Waals surface area contributed by atoms with Crippen molar-refractivity contribution in [1.29, 1.82) is 0 Å². The van der Waals surface area contributed by atoms with E-state index in [2.05, 4.69) is 21.5 Å². The smallest absolute Gasteiger partial charge is 0.177 e. The molecule has 1 saturated heterocycles. The van der Waals surface area contributed by atoms with E-state index in [0.29, 0.717) is 12.5 Å². The van der Waals surface area contributed by atoms with Crippen molar-refractivity contribution >= 4 is 5.84 Å². The maximum absolute atomic E-state index is 10.8. The van der Waals surface area contributed by atoms with E-state index in [4.69, 9.17) is 4.74 Å². The molecule has 5 nitrogen and oxygen atoms in total. The fourth-order valence-corrected chi connectivity index (χ4v) is 3.33. The fraction of sp³-hybridized carbons (Fsp3) is 0.588. The van der Waals surface area contributed by atoms with Gasteiger partial charge in [-0.25, -0.2) is 0 Å². The Hall–Kier alpha value is -1.59. The van der Waals surface area contributed by atoms with Gasteiger partial charge in [0.25, 0.3) is 0 Å². The number of aryl methyl sites for hydroxylation is 1. The second kappa shape index (κ2) is 6.26. The number of rotatable bonds is 5. The molecule has 1 fully saturated rings. The average Bonchev–Trinajstić information content (AvgIpc) is 3.06. The average molecular weight is 303 g/mol. The van der Waals surface area contributed by atoms with Gasteiger partial charge in [-0.05, 0) is 25.3 Å². The standard InChI is InChI=1S/C17H25N3O2/c1-3-22-12-14-8-9-16(20(14)2)18-19-17(21)11-10-13-6-4-5-7-15(13)17/h4-7,14,19,21H,3,8-12H2,1-2H3/t14-,17+/m0/s1. The molecule has 0 saturated carbocycles. The van der Waals surface area contributed by atoms with Crippen LogP contribution in [0.2, 0.25) is 0 Å². The van der Waals surface area contributed by atoms with Gasteiger partial charge in [-0.2, -0.15) is 5.10 Å². The number of likely N-dealkylation sites (N-methyl/N-ethyl adjacent to an activating group) is 1. The molecule has 2 N–H and O–H groups in total. The van der Waals surface area contributed by atoms with E-state index in [1.807, 2.05) is 32.2 Å². The molecule has 1 aliphatic carbocycles. The van der Waals surface area contributed by atoms with E-state index < -0.39 is 5.72 Å². The van der Waals surface area contributed by atoms with Gasteiger partial charge in [-0.15, -0.1) is 0 Å². The van der Waals surface area contributed by atoms with Crippen LogP contribution in [0, 0.1) is 0 Å². The second-order valence-corrected chi connectivity index (χ2v) is 6.12. The van der Waals surface area contributed by atoms with Crippen LogP contribution >= 0.6 is 0 Å². The minimum Gasteiger partial charge on any atom is -0.380 e. The SMILES string of the molecule is CCOC[C@@H]1CCC(=NN[C@@]2(O)CCc3ccccc32)N1C. The molecule has 2 aliphatic rings. The quantitative estimate of drug-likeness (QED) is 0.643. The molecule has 1 aliphatic heterocycles. The molecule has 0 amide bonds. The first-order chi connectivity index (χ1) is 10.6. The number of hydrogen-bond acceptors (Lipinski definition) is 4. The van der Waals surface area contributed by atoms with Gasteiger partial charge in [0.05, 0.1) is 12.6 Å². The second-order valence-electron chi connectivity index (χ2n) is 6.12. The first-order valence-corrected chi connectivity index (χ1v) is 8.09. The molecule has 0 spiro atoms. The maximum atomic E-state index is 10.8. The predicted octanol–water partition coefficient (Wildman–Crippen LogP) is 1.81. The van der Waals surface area contributed by atoms with E-state index in [0.717, 1.165) is 43.9 Å². The highest BCUT2D eigenvalue weighted by atomic mass is 16.5. The molecular weight excluding hydrogens is 278 g/mol. The molecule has 5 heteroatoms. The molecule has 120 valence electrons. The number of fused-ring (bicyclic) bond motifs is 1. The lowest BCUT2D eigenvalue weighted by atomic mass is 10.1. The lowest BCUT2D eigenvalue weighted by molar-refractivity contribution is 0.00280. The first-order valence-electron chi connectivity index (χ1n) is 8.09. The Morgan fingerprint density at radius 2 is 2.23 bits per heavy atom. The predicted molar refractivity (Wildman–Crippen MR) is 86.5 cm³/mol. The van der Waals surface area contributed by atoms with E-state index in [9.17, 15) is 5.11 Å². The lowest BCUT2D eigenvalue weighted by Crippen LogP contribution is -2.39. The van der Waals surface area contributed by atoms with Gasteiger partial charge in [-0.1, -0.05) is 24.3 Å². The third-order valence-corrected chi connectivity index (χ3v) is 4.76. The van der Waals surface area contributed by atoms with Crippen molar-refractivity contribution in [2.24, 2.45) is 5.10 Å². The molecule has 1 aromatic carbocycles. The first kappa shape index (κ1) is 15.3. The minimum atomic E-state index is -1.04. The van der Waals surface area contributed by atoms with Crippen molar-refractivity contribution in [3.63, 3.8) is 0 Å². The zero-order chi connectivity index (χ0) is 15.6. The molecule has 2 atom stereocenters. The molecule has 22 heavy (non-hydrogen) atoms. The molecular formula is C17H25N3O2. The summed E-state index contributed by atoms with van der Waals surface area (Å²) in [6, 6.07) is 8.41. The van der Waals surface area contributed by atoms with Crippen molar-refractivity contribution in [2.75, 3.05) is 20.3 Å². The van der Waals surface area contributed by atoms with Gasteiger partial charge in [0, 0.05) is 32.1 Å². The Morgan fingerprint density at radius 3 is 3.05 bits per heavy atom. The van der Waals surface area contributed by atoms with Crippen molar-refractivity contribution in [3.05, 3.63) is 35.4 Å². The number of amidine groups is 1. The number of likely N-dealkylation sites (tertiary alicyclic amines) is 1. The molecule has 3 rings (SSSR count). The van der Waals surface area contributed by atoms with Crippen molar-refractivity contribution in [2.45, 2.75) is 44.4 Å². The summed E-state index contributed by atoms with van der Waals surface area (Å²) >= 11 is 0. The summed E-state index contributed by atoms with van der Waals surface area (Å²) in [5, 5.41) is 15.3. The zero-order valence-corrected chi connectivity index (χ0v) is 13.4. The van der Waals surface area contributed by atoms with Crippen LogP contribution in [0.5, 0.6) is 0 Å². The van der Waals surface area contributed by atoms with Gasteiger partial charge < -0.3 is 14.7 Å². The Kier molecular flexibility index (Phi) is 4.36. The van der Waals surface area contributed by atoms with Crippen LogP contribution in [0.1, 0.15) is 37.3 Å². The highest BCUT2D eigenvalue weighted by molar-refractivity contribution is 5.84. The van der Waals surface area contributed by atoms with E-state index in [-0.39, 0.29) is 0 Å². The Labute approximate surface area is 132 Å². The number of hydrazone groups is 1. The van der Waals surface area contributed by atoms with E-state index >= 15 is 0 Å². The summed E-state index contributed by atoms with van der Waals surface area (Å²) in [6.45, 7) is 3.49. The fourth-order valence-electron chi connectivity index (χ4n) is 3.33. The number of hydrogen-bond donors (Lipinski definition) is 2. The molecule has 1 aromatic rings. The largest absolute Gasteiger partial charge is 0.380 e. The maximum Gasteiger partial charge on any atom is 0.177 e. The molecule has 0 bridgehead atoms. The number of aliphatic hydroxyl groups is 1. The van der Waals surface area contributed by atoms with Crippen LogP contribution in [0.4, 0.5) is 0 Å². The molecule has 0 radical (unpaired) electrons. The third kappa shape index (κ3) is 2.83. The minimum absolute atomic E-state index is 0.381. The number of nitrogens with zero attached hydrogens (tertiary/aromatic N) is 2. The Bertz CT molecular complexity index is 561. The molecule has 1 heterocycles. The highest BCUT2D eigenvalue weighted by Crippen LogP contribution is 2.34. The van der Waals surface area contributed by atoms with Crippen LogP contribution in [-0.2, 0) is 16.9 Å². The van der Waals surface area contributed by atoms with Gasteiger partial charge in [0.2, 0.25) is 0 Å². The normalized spacial score (nSPS) is 29.1. The Morgan fingerprint density at radius 1 is 1.41 bits per heavy atom. The van der Waals surface area contributed by atoms with Crippen LogP contribution in [0.3, 0.4) is 0 Å². The van der Waals surface area contributed by atoms with Crippen molar-refractivity contribution in [1.82, 2.24) is 10.3 Å². The van der Waals surface area contributed by atoms with Gasteiger partial charge >= 0.3 is 0 Å². The van der Waals surface area contributed by atoms with Crippen molar-refractivity contribution < 1.29 is 9.84 Å². The lowest BCUT2D eigenvalue weighted by Gasteiger charge is -2.26. The zero-order valence-electron chi connectivity index (χ0n) is 13.4. The third-order valence-electron chi connectivity index (χ3n) is 4.76. The van der Waals surface area contributed by atoms with Gasteiger partial charge in [0.1, 0.15) is 5.84 Å². The number of nitrogens with one attached hydrogen (secondary N) is 1. The number of benzene rings is 1. The van der Waals surface area contributed by atoms with Gasteiger partial charge in [0.15, 0.2) is 5.72 Å². The van der Waals surface area contributed by atoms with Crippen LogP contribution in [0.15, 0.2) is 29.4 Å². The van der Waals surface area contributed by atoms with Crippen LogP contribution < -0.4 is 5.43 Å². The topological polar surface area (TPSA) is 57.1 Å². The number of ether oxygens (including phenoxy) is 1. The summed E-state index contributed by atoms with van der Waals surface area (Å²) < 4.78 is 5.51. The summed E-state index contributed by atoms with van der Waals surface area (Å²) in [5.41, 5.74) is 4.14. The summed E-state index contributed by atoms with van der Waals surface area (Å²) in [7, 11) is 2.05. The van der Waals surface area contributed by atoms with Gasteiger partial charge in [-0.3, -0.25) is 5.43 Å². The summed E-state index contributed by atoms with van der Waals surface area (Å²) in [5.74, 6) is 0.988. The monoisotopic (exact) mass is 303 g/mol. The highest BCUT2D eigenvalue weighted by Gasteiger charge is 2.37. The van der Waals surface area contributed by atoms with E-state index in [1.54, 1.807) is 0 Å². The summed E-state index contributed by atoms with van der Waals surface area (Å²) in [6.07, 6.45) is 3.51.